The van der Waals surface area contributed by atoms with E-state index in [-0.39, 0.29) is 27.6 Å². The van der Waals surface area contributed by atoms with Crippen LogP contribution in [0.2, 0.25) is 5.02 Å². The van der Waals surface area contributed by atoms with Gasteiger partial charge in [-0.25, -0.2) is 9.59 Å². The Kier molecular flexibility index (Phi) is 5.08. The first-order valence-electron chi connectivity index (χ1n) is 6.63. The van der Waals surface area contributed by atoms with Gasteiger partial charge in [0.1, 0.15) is 5.75 Å². The number of carboxylic acid groups (broad SMARTS) is 2. The summed E-state index contributed by atoms with van der Waals surface area (Å²) >= 11 is 6.04. The summed E-state index contributed by atoms with van der Waals surface area (Å²) in [4.78, 5) is 22.0. The Bertz CT molecular complexity index is 739. The van der Waals surface area contributed by atoms with Gasteiger partial charge in [-0.1, -0.05) is 11.6 Å². The van der Waals surface area contributed by atoms with Gasteiger partial charge in [0.2, 0.25) is 0 Å². The highest BCUT2D eigenvalue weighted by molar-refractivity contribution is 6.32. The molecule has 0 unspecified atom stereocenters. The predicted octanol–water partition coefficient (Wildman–Crippen LogP) is 3.93. The van der Waals surface area contributed by atoms with Crippen molar-refractivity contribution in [3.8, 4) is 17.2 Å². The maximum Gasteiger partial charge on any atom is 0.335 e. The van der Waals surface area contributed by atoms with Crippen molar-refractivity contribution in [1.82, 2.24) is 0 Å². The zero-order valence-electron chi connectivity index (χ0n) is 12.1. The second kappa shape index (κ2) is 7.02. The number of ether oxygens (including phenoxy) is 2. The molecule has 0 aliphatic rings. The third-order valence-corrected chi connectivity index (χ3v) is 3.15. The van der Waals surface area contributed by atoms with Crippen LogP contribution in [-0.4, -0.2) is 28.8 Å². The number of aromatic carboxylic acids is 2. The van der Waals surface area contributed by atoms with Crippen molar-refractivity contribution in [2.75, 3.05) is 6.61 Å². The summed E-state index contributed by atoms with van der Waals surface area (Å²) < 4.78 is 11.0. The molecule has 0 saturated heterocycles. The summed E-state index contributed by atoms with van der Waals surface area (Å²) in [5.74, 6) is -1.51. The van der Waals surface area contributed by atoms with Gasteiger partial charge in [0.15, 0.2) is 11.5 Å². The normalized spacial score (nSPS) is 10.2. The topological polar surface area (TPSA) is 93.1 Å². The Morgan fingerprint density at radius 3 is 2.17 bits per heavy atom. The van der Waals surface area contributed by atoms with Gasteiger partial charge in [-0.3, -0.25) is 0 Å². The van der Waals surface area contributed by atoms with Crippen molar-refractivity contribution < 1.29 is 29.3 Å². The van der Waals surface area contributed by atoms with Crippen LogP contribution in [0.25, 0.3) is 0 Å². The molecule has 0 aromatic heterocycles. The molecule has 23 heavy (non-hydrogen) atoms. The predicted molar refractivity (Wildman–Crippen MR) is 83.1 cm³/mol. The quantitative estimate of drug-likeness (QED) is 0.830. The average Bonchev–Trinajstić information content (AvgIpc) is 2.50. The smallest absolute Gasteiger partial charge is 0.335 e. The van der Waals surface area contributed by atoms with Gasteiger partial charge in [-0.15, -0.1) is 0 Å². The van der Waals surface area contributed by atoms with E-state index < -0.39 is 11.9 Å². The molecule has 0 radical (unpaired) electrons. The molecule has 2 aromatic rings. The van der Waals surface area contributed by atoms with Crippen LogP contribution in [0.4, 0.5) is 0 Å². The third kappa shape index (κ3) is 3.92. The first kappa shape index (κ1) is 16.6. The monoisotopic (exact) mass is 336 g/mol. The van der Waals surface area contributed by atoms with E-state index in [1.165, 1.54) is 36.4 Å². The highest BCUT2D eigenvalue weighted by atomic mass is 35.5. The Hall–Kier alpha value is -2.73. The number of carbonyl (C=O) groups is 2. The van der Waals surface area contributed by atoms with Crippen LogP contribution in [0.15, 0.2) is 36.4 Å². The van der Waals surface area contributed by atoms with E-state index in [0.29, 0.717) is 12.4 Å². The van der Waals surface area contributed by atoms with E-state index in [1.807, 2.05) is 0 Å². The first-order chi connectivity index (χ1) is 10.9. The number of hydrogen-bond acceptors (Lipinski definition) is 4. The molecule has 0 aliphatic heterocycles. The number of carboxylic acids is 2. The van der Waals surface area contributed by atoms with Crippen LogP contribution in [-0.2, 0) is 0 Å². The fraction of sp³-hybridized carbons (Fsp3) is 0.125. The van der Waals surface area contributed by atoms with Crippen LogP contribution < -0.4 is 9.47 Å². The van der Waals surface area contributed by atoms with Crippen LogP contribution in [0.1, 0.15) is 27.6 Å². The van der Waals surface area contributed by atoms with Gasteiger partial charge in [-0.05, 0) is 43.3 Å². The Labute approximate surface area is 136 Å². The number of halogens is 1. The molecule has 0 spiro atoms. The molecule has 2 rings (SSSR count). The van der Waals surface area contributed by atoms with Crippen molar-refractivity contribution in [3.63, 3.8) is 0 Å². The van der Waals surface area contributed by atoms with Gasteiger partial charge in [0.25, 0.3) is 0 Å². The number of hydrogen-bond donors (Lipinski definition) is 2. The largest absolute Gasteiger partial charge is 0.488 e. The minimum absolute atomic E-state index is 0.0457. The molecule has 2 aromatic carbocycles. The summed E-state index contributed by atoms with van der Waals surface area (Å²) in [6.07, 6.45) is 0. The lowest BCUT2D eigenvalue weighted by Crippen LogP contribution is -2.01. The molecule has 0 aliphatic carbocycles. The SMILES string of the molecule is CCOc1c(Cl)cc(C(=O)O)cc1Oc1ccc(C(=O)O)cc1. The summed E-state index contributed by atoms with van der Waals surface area (Å²) in [5, 5.41) is 18.1. The summed E-state index contributed by atoms with van der Waals surface area (Å²) in [7, 11) is 0. The molecule has 0 saturated carbocycles. The van der Waals surface area contributed by atoms with Gasteiger partial charge in [0, 0.05) is 0 Å². The average molecular weight is 337 g/mol. The summed E-state index contributed by atoms with van der Waals surface area (Å²) in [6.45, 7) is 2.08. The van der Waals surface area contributed by atoms with Gasteiger partial charge >= 0.3 is 11.9 Å². The van der Waals surface area contributed by atoms with Gasteiger partial charge in [0.05, 0.1) is 22.8 Å². The number of benzene rings is 2. The highest BCUT2D eigenvalue weighted by Gasteiger charge is 2.16. The molecule has 0 atom stereocenters. The third-order valence-electron chi connectivity index (χ3n) is 2.87. The zero-order valence-corrected chi connectivity index (χ0v) is 12.8. The van der Waals surface area contributed by atoms with Crippen molar-refractivity contribution in [1.29, 1.82) is 0 Å². The minimum atomic E-state index is -1.15. The summed E-state index contributed by atoms with van der Waals surface area (Å²) in [5.41, 5.74) is 0.0651. The van der Waals surface area contributed by atoms with E-state index >= 15 is 0 Å². The lowest BCUT2D eigenvalue weighted by atomic mass is 10.2. The maximum atomic E-state index is 11.1. The first-order valence-corrected chi connectivity index (χ1v) is 7.01. The Morgan fingerprint density at radius 1 is 1.04 bits per heavy atom. The van der Waals surface area contributed by atoms with Crippen LogP contribution in [0.3, 0.4) is 0 Å². The fourth-order valence-electron chi connectivity index (χ4n) is 1.84. The van der Waals surface area contributed by atoms with Crippen molar-refractivity contribution in [2.24, 2.45) is 0 Å². The standard InChI is InChI=1S/C16H13ClO6/c1-2-22-14-12(17)7-10(16(20)21)8-13(14)23-11-5-3-9(4-6-11)15(18)19/h3-8H,2H2,1H3,(H,18,19)(H,20,21). The van der Waals surface area contributed by atoms with Crippen LogP contribution in [0.5, 0.6) is 17.2 Å². The zero-order chi connectivity index (χ0) is 17.0. The van der Waals surface area contributed by atoms with E-state index in [2.05, 4.69) is 0 Å². The minimum Gasteiger partial charge on any atom is -0.488 e. The van der Waals surface area contributed by atoms with E-state index in [1.54, 1.807) is 6.92 Å². The van der Waals surface area contributed by atoms with Crippen molar-refractivity contribution in [3.05, 3.63) is 52.5 Å². The number of rotatable bonds is 6. The molecule has 0 fully saturated rings. The molecule has 0 amide bonds. The Morgan fingerprint density at radius 2 is 1.65 bits per heavy atom. The van der Waals surface area contributed by atoms with Crippen LogP contribution in [0, 0.1) is 0 Å². The lowest BCUT2D eigenvalue weighted by Gasteiger charge is -2.14. The maximum absolute atomic E-state index is 11.1. The molecular weight excluding hydrogens is 324 g/mol. The van der Waals surface area contributed by atoms with E-state index in [9.17, 15) is 9.59 Å². The molecule has 0 bridgehead atoms. The second-order valence-corrected chi connectivity index (χ2v) is 4.86. The Balaban J connectivity index is 2.39. The molecule has 0 heterocycles. The molecule has 7 heteroatoms. The highest BCUT2D eigenvalue weighted by Crippen LogP contribution is 2.39. The van der Waals surface area contributed by atoms with Gasteiger partial charge < -0.3 is 19.7 Å². The van der Waals surface area contributed by atoms with Crippen LogP contribution >= 0.6 is 11.6 Å². The molecule has 2 N–H and O–H groups in total. The molecular formula is C16H13ClO6. The lowest BCUT2D eigenvalue weighted by molar-refractivity contribution is 0.0685. The van der Waals surface area contributed by atoms with Crippen molar-refractivity contribution >= 4 is 23.5 Å². The molecule has 6 nitrogen and oxygen atoms in total. The van der Waals surface area contributed by atoms with Crippen molar-refractivity contribution in [2.45, 2.75) is 6.92 Å². The fourth-order valence-corrected chi connectivity index (χ4v) is 2.11. The molecule has 120 valence electrons. The summed E-state index contributed by atoms with van der Waals surface area (Å²) in [6, 6.07) is 8.24. The van der Waals surface area contributed by atoms with E-state index in [4.69, 9.17) is 31.3 Å². The van der Waals surface area contributed by atoms with Gasteiger partial charge in [-0.2, -0.15) is 0 Å². The second-order valence-electron chi connectivity index (χ2n) is 4.46. The van der Waals surface area contributed by atoms with E-state index in [0.717, 1.165) is 0 Å².